The number of nitrogens with zero attached hydrogens (tertiary/aromatic N) is 1. The molecule has 0 aliphatic rings. The molecule has 0 aliphatic heterocycles. The maximum absolute atomic E-state index is 3.31. The van der Waals surface area contributed by atoms with Crippen LogP contribution in [-0.4, -0.2) is 32.3 Å². The SMILES string of the molecule is CCCN[N+](C)(C)C. The Morgan fingerprint density at radius 1 is 1.25 bits per heavy atom. The van der Waals surface area contributed by atoms with Gasteiger partial charge in [-0.1, -0.05) is 6.92 Å². The Morgan fingerprint density at radius 2 is 1.75 bits per heavy atom. The second-order valence-electron chi connectivity index (χ2n) is 2.92. The monoisotopic (exact) mass is 117 g/mol. The first-order chi connectivity index (χ1) is 3.56. The first-order valence-corrected chi connectivity index (χ1v) is 3.13. The van der Waals surface area contributed by atoms with E-state index in [0.29, 0.717) is 0 Å². The van der Waals surface area contributed by atoms with Crippen LogP contribution >= 0.6 is 0 Å². The van der Waals surface area contributed by atoms with Gasteiger partial charge in [0, 0.05) is 6.54 Å². The van der Waals surface area contributed by atoms with E-state index in [4.69, 9.17) is 0 Å². The van der Waals surface area contributed by atoms with Gasteiger partial charge in [-0.25, -0.2) is 0 Å². The number of hydrogen-bond acceptors (Lipinski definition) is 1. The maximum atomic E-state index is 3.31. The molecular formula is C6H17N2+. The molecule has 0 fully saturated rings. The lowest BCUT2D eigenvalue weighted by molar-refractivity contribution is -0.915. The molecule has 0 unspecified atom stereocenters. The van der Waals surface area contributed by atoms with E-state index < -0.39 is 0 Å². The predicted octanol–water partition coefficient (Wildman–Crippen LogP) is 0.607. The minimum atomic E-state index is 0.855. The second kappa shape index (κ2) is 3.05. The summed E-state index contributed by atoms with van der Waals surface area (Å²) in [5.74, 6) is 0. The van der Waals surface area contributed by atoms with Gasteiger partial charge in [0.05, 0.1) is 21.1 Å². The van der Waals surface area contributed by atoms with E-state index in [1.165, 1.54) is 6.42 Å². The fourth-order valence-electron chi connectivity index (χ4n) is 0.447. The number of nitrogens with one attached hydrogen (secondary N) is 1. The average molecular weight is 117 g/mol. The molecule has 0 heterocycles. The highest BCUT2D eigenvalue weighted by atomic mass is 15.6. The fraction of sp³-hybridized carbons (Fsp3) is 1.00. The average Bonchev–Trinajstić information content (AvgIpc) is 1.59. The molecule has 2 nitrogen and oxygen atoms in total. The Labute approximate surface area is 52.1 Å². The molecule has 50 valence electrons. The third-order valence-corrected chi connectivity index (χ3v) is 0.836. The van der Waals surface area contributed by atoms with Gasteiger partial charge in [0.1, 0.15) is 0 Å². The second-order valence-corrected chi connectivity index (χ2v) is 2.92. The minimum absolute atomic E-state index is 0.855. The molecule has 0 aromatic heterocycles. The van der Waals surface area contributed by atoms with Gasteiger partial charge in [-0.05, 0) is 6.42 Å². The van der Waals surface area contributed by atoms with E-state index in [9.17, 15) is 0 Å². The molecule has 0 saturated carbocycles. The van der Waals surface area contributed by atoms with Gasteiger partial charge in [-0.3, -0.25) is 4.59 Å². The van der Waals surface area contributed by atoms with Crippen LogP contribution in [0.1, 0.15) is 13.3 Å². The molecule has 0 amide bonds. The Balaban J connectivity index is 3.11. The van der Waals surface area contributed by atoms with Crippen LogP contribution in [0.2, 0.25) is 0 Å². The highest BCUT2D eigenvalue weighted by Gasteiger charge is 2.01. The molecule has 0 aromatic carbocycles. The Hall–Kier alpha value is -0.0800. The first kappa shape index (κ1) is 7.92. The third kappa shape index (κ3) is 5.92. The third-order valence-electron chi connectivity index (χ3n) is 0.836. The molecule has 0 bridgehead atoms. The van der Waals surface area contributed by atoms with Crippen LogP contribution in [0.3, 0.4) is 0 Å². The van der Waals surface area contributed by atoms with Crippen molar-refractivity contribution in [2.75, 3.05) is 27.7 Å². The van der Waals surface area contributed by atoms with Crippen molar-refractivity contribution < 1.29 is 4.59 Å². The largest absolute Gasteiger partial charge is 0.253 e. The zero-order valence-corrected chi connectivity index (χ0v) is 6.36. The van der Waals surface area contributed by atoms with Gasteiger partial charge < -0.3 is 0 Å². The summed E-state index contributed by atoms with van der Waals surface area (Å²) in [7, 11) is 6.36. The van der Waals surface area contributed by atoms with E-state index in [2.05, 4.69) is 33.5 Å². The van der Waals surface area contributed by atoms with Crippen LogP contribution in [0.25, 0.3) is 0 Å². The van der Waals surface area contributed by atoms with Crippen LogP contribution in [0, 0.1) is 0 Å². The standard InChI is InChI=1S/C6H17N2/c1-5-6-7-8(2,3)4/h7H,5-6H2,1-4H3/q+1. The summed E-state index contributed by atoms with van der Waals surface area (Å²) in [6.45, 7) is 3.27. The summed E-state index contributed by atoms with van der Waals surface area (Å²) < 4.78 is 0.855. The van der Waals surface area contributed by atoms with Crippen molar-refractivity contribution in [3.05, 3.63) is 0 Å². The molecule has 0 atom stereocenters. The van der Waals surface area contributed by atoms with Crippen molar-refractivity contribution in [2.24, 2.45) is 0 Å². The molecule has 0 spiro atoms. The Morgan fingerprint density at radius 3 is 1.88 bits per heavy atom. The molecule has 0 aromatic rings. The summed E-state index contributed by atoms with van der Waals surface area (Å²) >= 11 is 0. The van der Waals surface area contributed by atoms with E-state index in [0.717, 1.165) is 11.1 Å². The smallest absolute Gasteiger partial charge is 0.0853 e. The number of rotatable bonds is 3. The van der Waals surface area contributed by atoms with Crippen molar-refractivity contribution >= 4 is 0 Å². The maximum Gasteiger partial charge on any atom is 0.0853 e. The molecule has 8 heavy (non-hydrogen) atoms. The number of quaternary nitrogens is 1. The topological polar surface area (TPSA) is 12.0 Å². The van der Waals surface area contributed by atoms with Gasteiger partial charge in [-0.2, -0.15) is 5.43 Å². The van der Waals surface area contributed by atoms with Crippen LogP contribution in [0.4, 0.5) is 0 Å². The summed E-state index contributed by atoms with van der Waals surface area (Å²) in [5.41, 5.74) is 3.31. The van der Waals surface area contributed by atoms with Crippen molar-refractivity contribution in [1.29, 1.82) is 0 Å². The molecule has 0 aliphatic carbocycles. The highest BCUT2D eigenvalue weighted by Crippen LogP contribution is 1.80. The van der Waals surface area contributed by atoms with Gasteiger partial charge in [0.15, 0.2) is 0 Å². The van der Waals surface area contributed by atoms with Crippen LogP contribution in [0.5, 0.6) is 0 Å². The fourth-order valence-corrected chi connectivity index (χ4v) is 0.447. The van der Waals surface area contributed by atoms with E-state index in [1.54, 1.807) is 0 Å². The van der Waals surface area contributed by atoms with Crippen LogP contribution in [-0.2, 0) is 0 Å². The molecular weight excluding hydrogens is 100 g/mol. The molecule has 1 N–H and O–H groups in total. The normalized spacial score (nSPS) is 12.0. The number of hydrogen-bond donors (Lipinski definition) is 1. The zero-order chi connectivity index (χ0) is 6.62. The van der Waals surface area contributed by atoms with Crippen molar-refractivity contribution in [2.45, 2.75) is 13.3 Å². The molecule has 2 heteroatoms. The summed E-state index contributed by atoms with van der Waals surface area (Å²) in [5, 5.41) is 0. The Bertz CT molecular complexity index is 54.0. The van der Waals surface area contributed by atoms with E-state index in [1.807, 2.05) is 0 Å². The molecule has 0 radical (unpaired) electrons. The van der Waals surface area contributed by atoms with Crippen LogP contribution < -0.4 is 5.43 Å². The van der Waals surface area contributed by atoms with E-state index in [-0.39, 0.29) is 0 Å². The van der Waals surface area contributed by atoms with Gasteiger partial charge in [0.2, 0.25) is 0 Å². The Kier molecular flexibility index (Phi) is 3.02. The quantitative estimate of drug-likeness (QED) is 0.422. The molecule has 0 rings (SSSR count). The lowest BCUT2D eigenvalue weighted by Crippen LogP contribution is -2.48. The van der Waals surface area contributed by atoms with E-state index >= 15 is 0 Å². The highest BCUT2D eigenvalue weighted by molar-refractivity contribution is 4.25. The summed E-state index contributed by atoms with van der Waals surface area (Å²) in [4.78, 5) is 0. The van der Waals surface area contributed by atoms with Crippen LogP contribution in [0.15, 0.2) is 0 Å². The lowest BCUT2D eigenvalue weighted by Gasteiger charge is -2.23. The van der Waals surface area contributed by atoms with Gasteiger partial charge >= 0.3 is 0 Å². The molecule has 0 saturated heterocycles. The van der Waals surface area contributed by atoms with Gasteiger partial charge in [-0.15, -0.1) is 0 Å². The predicted molar refractivity (Wildman–Crippen MR) is 36.3 cm³/mol. The van der Waals surface area contributed by atoms with Gasteiger partial charge in [0.25, 0.3) is 0 Å². The van der Waals surface area contributed by atoms with Crippen molar-refractivity contribution in [1.82, 2.24) is 5.43 Å². The van der Waals surface area contributed by atoms with Crippen molar-refractivity contribution in [3.8, 4) is 0 Å². The summed E-state index contributed by atoms with van der Waals surface area (Å²) in [6.07, 6.45) is 1.20. The first-order valence-electron chi connectivity index (χ1n) is 3.13. The zero-order valence-electron chi connectivity index (χ0n) is 6.36. The minimum Gasteiger partial charge on any atom is -0.253 e. The van der Waals surface area contributed by atoms with Crippen molar-refractivity contribution in [3.63, 3.8) is 0 Å². The lowest BCUT2D eigenvalue weighted by atomic mass is 10.5. The summed E-state index contributed by atoms with van der Waals surface area (Å²) in [6, 6.07) is 0.